The highest BCUT2D eigenvalue weighted by atomic mass is 16.5. The SMILES string of the molecule is CO[C@H]1[C@H](NC(=O)COc2ccccc2)c2ccccc2C12CCN(C(=O)C(=O)CC(C)C)CC2. The molecule has 2 aromatic carbocycles. The van der Waals surface area contributed by atoms with Crippen LogP contribution in [0.15, 0.2) is 54.6 Å². The van der Waals surface area contributed by atoms with E-state index in [0.717, 1.165) is 11.1 Å². The number of hydrogen-bond donors (Lipinski definition) is 1. The van der Waals surface area contributed by atoms with E-state index in [1.54, 1.807) is 12.0 Å². The molecule has 2 amide bonds. The third-order valence-corrected chi connectivity index (χ3v) is 7.14. The second-order valence-electron chi connectivity index (χ2n) is 9.86. The molecule has 2 aromatic rings. The topological polar surface area (TPSA) is 84.9 Å². The van der Waals surface area contributed by atoms with Crippen molar-refractivity contribution in [1.82, 2.24) is 10.2 Å². The fourth-order valence-electron chi connectivity index (χ4n) is 5.55. The predicted octanol–water partition coefficient (Wildman–Crippen LogP) is 3.43. The van der Waals surface area contributed by atoms with Crippen LogP contribution in [0.4, 0.5) is 0 Å². The van der Waals surface area contributed by atoms with Crippen LogP contribution in [0.1, 0.15) is 50.3 Å². The number of nitrogens with zero attached hydrogens (tertiary/aromatic N) is 1. The van der Waals surface area contributed by atoms with Gasteiger partial charge in [0.25, 0.3) is 11.8 Å². The van der Waals surface area contributed by atoms with Crippen molar-refractivity contribution in [2.45, 2.75) is 50.7 Å². The normalized spacial score (nSPS) is 20.5. The van der Waals surface area contributed by atoms with E-state index < -0.39 is 5.91 Å². The van der Waals surface area contributed by atoms with Crippen molar-refractivity contribution < 1.29 is 23.9 Å². The Hall–Kier alpha value is -3.19. The van der Waals surface area contributed by atoms with Crippen LogP contribution in [0.2, 0.25) is 0 Å². The lowest BCUT2D eigenvalue weighted by Gasteiger charge is -2.44. The number of fused-ring (bicyclic) bond motifs is 2. The van der Waals surface area contributed by atoms with Crippen molar-refractivity contribution in [1.29, 1.82) is 0 Å². The quantitative estimate of drug-likeness (QED) is 0.588. The third kappa shape index (κ3) is 5.10. The van der Waals surface area contributed by atoms with E-state index in [-0.39, 0.29) is 48.2 Å². The standard InChI is InChI=1S/C28H34N2O5/c1-19(2)17-23(31)27(33)30-15-13-28(14-16-30)22-12-8-7-11-21(22)25(26(28)34-3)29-24(32)18-35-20-9-5-4-6-10-20/h4-12,19,25-26H,13-18H2,1-3H3,(H,29,32)/t25-,26+/m1/s1. The molecule has 7 nitrogen and oxygen atoms in total. The lowest BCUT2D eigenvalue weighted by atomic mass is 9.71. The molecule has 2 atom stereocenters. The number of ether oxygens (including phenoxy) is 2. The maximum atomic E-state index is 12.8. The minimum absolute atomic E-state index is 0.0909. The summed E-state index contributed by atoms with van der Waals surface area (Å²) in [6, 6.07) is 17.0. The van der Waals surface area contributed by atoms with Gasteiger partial charge in [0.2, 0.25) is 5.78 Å². The van der Waals surface area contributed by atoms with E-state index >= 15 is 0 Å². The Morgan fingerprint density at radius 3 is 2.34 bits per heavy atom. The van der Waals surface area contributed by atoms with E-state index in [1.807, 2.05) is 62.4 Å². The number of ketones is 1. The van der Waals surface area contributed by atoms with Gasteiger partial charge in [0.1, 0.15) is 5.75 Å². The molecule has 35 heavy (non-hydrogen) atoms. The summed E-state index contributed by atoms with van der Waals surface area (Å²) < 4.78 is 11.7. The number of para-hydroxylation sites is 1. The molecule has 1 aliphatic carbocycles. The highest BCUT2D eigenvalue weighted by Gasteiger charge is 2.54. The Bertz CT molecular complexity index is 1060. The molecule has 4 rings (SSSR count). The third-order valence-electron chi connectivity index (χ3n) is 7.14. The lowest BCUT2D eigenvalue weighted by molar-refractivity contribution is -0.146. The molecule has 0 aromatic heterocycles. The molecule has 7 heteroatoms. The van der Waals surface area contributed by atoms with Gasteiger partial charge in [0, 0.05) is 32.0 Å². The zero-order valence-corrected chi connectivity index (χ0v) is 20.7. The number of carbonyl (C=O) groups excluding carboxylic acids is 3. The van der Waals surface area contributed by atoms with Crippen molar-refractivity contribution in [3.8, 4) is 5.75 Å². The summed E-state index contributed by atoms with van der Waals surface area (Å²) in [4.78, 5) is 39.6. The van der Waals surface area contributed by atoms with Crippen LogP contribution < -0.4 is 10.1 Å². The Kier molecular flexibility index (Phi) is 7.55. The van der Waals surface area contributed by atoms with Gasteiger partial charge in [-0.1, -0.05) is 56.3 Å². The maximum Gasteiger partial charge on any atom is 0.289 e. The van der Waals surface area contributed by atoms with Gasteiger partial charge in [-0.15, -0.1) is 0 Å². The average molecular weight is 479 g/mol. The van der Waals surface area contributed by atoms with Crippen LogP contribution in [-0.4, -0.2) is 55.4 Å². The number of carbonyl (C=O) groups is 3. The first-order valence-corrected chi connectivity index (χ1v) is 12.3. The summed E-state index contributed by atoms with van der Waals surface area (Å²) in [6.45, 7) is 4.75. The fraction of sp³-hybridized carbons (Fsp3) is 0.464. The second-order valence-corrected chi connectivity index (χ2v) is 9.86. The zero-order chi connectivity index (χ0) is 25.0. The maximum absolute atomic E-state index is 12.8. The van der Waals surface area contributed by atoms with Crippen LogP contribution >= 0.6 is 0 Å². The molecule has 0 saturated carbocycles. The van der Waals surface area contributed by atoms with Crippen LogP contribution in [0, 0.1) is 5.92 Å². The summed E-state index contributed by atoms with van der Waals surface area (Å²) in [5.74, 6) is -0.151. The molecule has 186 valence electrons. The van der Waals surface area contributed by atoms with Gasteiger partial charge >= 0.3 is 0 Å². The second kappa shape index (κ2) is 10.6. The van der Waals surface area contributed by atoms with Gasteiger partial charge < -0.3 is 19.7 Å². The summed E-state index contributed by atoms with van der Waals surface area (Å²) in [6.07, 6.45) is 1.30. The molecule has 1 fully saturated rings. The van der Waals surface area contributed by atoms with Crippen LogP contribution in [0.25, 0.3) is 0 Å². The first-order chi connectivity index (χ1) is 16.9. The summed E-state index contributed by atoms with van der Waals surface area (Å²) in [5, 5.41) is 3.13. The number of methoxy groups -OCH3 is 1. The number of Topliss-reactive ketones (excluding diaryl/α,β-unsaturated/α-hetero) is 1. The minimum atomic E-state index is -0.392. The van der Waals surface area contributed by atoms with E-state index in [1.165, 1.54) is 0 Å². The van der Waals surface area contributed by atoms with Crippen LogP contribution in [0.3, 0.4) is 0 Å². The van der Waals surface area contributed by atoms with E-state index in [4.69, 9.17) is 9.47 Å². The number of benzene rings is 2. The number of piperidine rings is 1. The van der Waals surface area contributed by atoms with Gasteiger partial charge in [0.15, 0.2) is 6.61 Å². The Labute approximate surface area is 206 Å². The molecule has 1 spiro atoms. The molecule has 2 aliphatic rings. The first kappa shape index (κ1) is 24.9. The number of nitrogens with one attached hydrogen (secondary N) is 1. The molecular formula is C28H34N2O5. The Morgan fingerprint density at radius 1 is 1.03 bits per heavy atom. The molecule has 0 unspecified atom stereocenters. The van der Waals surface area contributed by atoms with Crippen molar-refractivity contribution in [2.75, 3.05) is 26.8 Å². The summed E-state index contributed by atoms with van der Waals surface area (Å²) >= 11 is 0. The Morgan fingerprint density at radius 2 is 1.69 bits per heavy atom. The number of hydrogen-bond acceptors (Lipinski definition) is 5. The van der Waals surface area contributed by atoms with Gasteiger partial charge in [-0.3, -0.25) is 14.4 Å². The number of rotatable bonds is 8. The van der Waals surface area contributed by atoms with Crippen molar-refractivity contribution in [3.63, 3.8) is 0 Å². The molecular weight excluding hydrogens is 444 g/mol. The molecule has 1 heterocycles. The zero-order valence-electron chi connectivity index (χ0n) is 20.7. The Balaban J connectivity index is 1.49. The van der Waals surface area contributed by atoms with Gasteiger partial charge in [-0.25, -0.2) is 0 Å². The molecule has 1 N–H and O–H groups in total. The smallest absolute Gasteiger partial charge is 0.289 e. The molecule has 1 aliphatic heterocycles. The first-order valence-electron chi connectivity index (χ1n) is 12.3. The fourth-order valence-corrected chi connectivity index (χ4v) is 5.55. The largest absolute Gasteiger partial charge is 0.484 e. The van der Waals surface area contributed by atoms with Crippen molar-refractivity contribution in [2.24, 2.45) is 5.92 Å². The lowest BCUT2D eigenvalue weighted by Crippen LogP contribution is -2.53. The highest BCUT2D eigenvalue weighted by molar-refractivity contribution is 6.36. The monoisotopic (exact) mass is 478 g/mol. The van der Waals surface area contributed by atoms with E-state index in [2.05, 4.69) is 11.4 Å². The molecule has 1 saturated heterocycles. The number of likely N-dealkylation sites (tertiary alicyclic amines) is 1. The van der Waals surface area contributed by atoms with Gasteiger partial charge in [0.05, 0.1) is 12.1 Å². The molecule has 0 bridgehead atoms. The molecule has 0 radical (unpaired) electrons. The summed E-state index contributed by atoms with van der Waals surface area (Å²) in [5.41, 5.74) is 1.83. The van der Waals surface area contributed by atoms with Crippen molar-refractivity contribution >= 4 is 17.6 Å². The number of amides is 2. The van der Waals surface area contributed by atoms with Crippen molar-refractivity contribution in [3.05, 3.63) is 65.7 Å². The van der Waals surface area contributed by atoms with Gasteiger partial charge in [-0.2, -0.15) is 0 Å². The predicted molar refractivity (Wildman–Crippen MR) is 132 cm³/mol. The minimum Gasteiger partial charge on any atom is -0.484 e. The highest BCUT2D eigenvalue weighted by Crippen LogP contribution is 2.52. The van der Waals surface area contributed by atoms with Crippen LogP contribution in [0.5, 0.6) is 5.75 Å². The average Bonchev–Trinajstić information content (AvgIpc) is 3.11. The van der Waals surface area contributed by atoms with Crippen LogP contribution in [-0.2, 0) is 24.5 Å². The summed E-state index contributed by atoms with van der Waals surface area (Å²) in [7, 11) is 1.67. The van der Waals surface area contributed by atoms with E-state index in [0.29, 0.717) is 31.7 Å². The van der Waals surface area contributed by atoms with Gasteiger partial charge in [-0.05, 0) is 42.0 Å². The van der Waals surface area contributed by atoms with E-state index in [9.17, 15) is 14.4 Å².